The molecule has 0 fully saturated rings. The Hall–Kier alpha value is -2.93. The first-order valence-electron chi connectivity index (χ1n) is 8.55. The Morgan fingerprint density at radius 1 is 1.11 bits per heavy atom. The lowest BCUT2D eigenvalue weighted by Crippen LogP contribution is -2.09. The van der Waals surface area contributed by atoms with Gasteiger partial charge in [0, 0.05) is 11.4 Å². The van der Waals surface area contributed by atoms with E-state index in [0.29, 0.717) is 13.2 Å². The highest BCUT2D eigenvalue weighted by atomic mass is 32.2. The monoisotopic (exact) mass is 382 g/mol. The van der Waals surface area contributed by atoms with Gasteiger partial charge < -0.3 is 14.8 Å². The summed E-state index contributed by atoms with van der Waals surface area (Å²) in [7, 11) is 1.66. The van der Waals surface area contributed by atoms with Crippen LogP contribution in [0.4, 0.5) is 5.69 Å². The molecule has 2 aromatic carbocycles. The molecule has 0 atom stereocenters. The van der Waals surface area contributed by atoms with Crippen LogP contribution in [-0.2, 0) is 11.3 Å². The number of para-hydroxylation sites is 3. The van der Waals surface area contributed by atoms with Crippen LogP contribution in [0.2, 0.25) is 0 Å². The van der Waals surface area contributed by atoms with Gasteiger partial charge in [0.1, 0.15) is 5.75 Å². The van der Waals surface area contributed by atoms with Gasteiger partial charge in [0.05, 0.1) is 32.2 Å². The number of nitrogens with one attached hydrogen (secondary N) is 1. The largest absolute Gasteiger partial charge is 0.501 e. The fourth-order valence-electron chi connectivity index (χ4n) is 2.57. The topological polar surface area (TPSA) is 61.2 Å². The van der Waals surface area contributed by atoms with Crippen LogP contribution < -0.4 is 10.1 Å². The molecule has 140 valence electrons. The summed E-state index contributed by atoms with van der Waals surface area (Å²) < 4.78 is 12.7. The van der Waals surface area contributed by atoms with Gasteiger partial charge in [-0.15, -0.1) is 10.2 Å². The zero-order valence-corrected chi connectivity index (χ0v) is 16.0. The quantitative estimate of drug-likeness (QED) is 0.323. The van der Waals surface area contributed by atoms with E-state index in [2.05, 4.69) is 26.7 Å². The van der Waals surface area contributed by atoms with Crippen LogP contribution in [0.5, 0.6) is 5.75 Å². The van der Waals surface area contributed by atoms with Crippen molar-refractivity contribution in [1.29, 1.82) is 0 Å². The molecule has 0 bridgehead atoms. The lowest BCUT2D eigenvalue weighted by atomic mass is 10.3. The molecule has 0 aliphatic rings. The minimum absolute atomic E-state index is 0.520. The van der Waals surface area contributed by atoms with Crippen LogP contribution in [0.15, 0.2) is 72.6 Å². The van der Waals surface area contributed by atoms with Gasteiger partial charge in [-0.1, -0.05) is 48.7 Å². The van der Waals surface area contributed by atoms with Crippen LogP contribution in [0.3, 0.4) is 0 Å². The normalized spacial score (nSPS) is 10.4. The van der Waals surface area contributed by atoms with Crippen molar-refractivity contribution in [3.8, 4) is 11.4 Å². The molecular weight excluding hydrogens is 360 g/mol. The number of hydrogen-bond acceptors (Lipinski definition) is 6. The van der Waals surface area contributed by atoms with Gasteiger partial charge in [-0.25, -0.2) is 0 Å². The molecule has 3 rings (SSSR count). The van der Waals surface area contributed by atoms with Crippen molar-refractivity contribution in [3.63, 3.8) is 0 Å². The van der Waals surface area contributed by atoms with Crippen LogP contribution in [0.25, 0.3) is 5.69 Å². The van der Waals surface area contributed by atoms with E-state index in [9.17, 15) is 0 Å². The highest BCUT2D eigenvalue weighted by Gasteiger charge is 2.14. The smallest absolute Gasteiger partial charge is 0.196 e. The van der Waals surface area contributed by atoms with Gasteiger partial charge in [0.15, 0.2) is 11.0 Å². The van der Waals surface area contributed by atoms with Crippen LogP contribution >= 0.6 is 11.8 Å². The summed E-state index contributed by atoms with van der Waals surface area (Å²) in [4.78, 5) is 0. The molecule has 7 heteroatoms. The van der Waals surface area contributed by atoms with Crippen molar-refractivity contribution in [2.24, 2.45) is 0 Å². The molecule has 0 saturated carbocycles. The molecule has 0 spiro atoms. The number of ether oxygens (including phenoxy) is 2. The zero-order valence-electron chi connectivity index (χ0n) is 15.2. The fraction of sp³-hybridized carbons (Fsp3) is 0.200. The lowest BCUT2D eigenvalue weighted by Gasteiger charge is -2.13. The molecule has 0 aliphatic carbocycles. The summed E-state index contributed by atoms with van der Waals surface area (Å²) in [6, 6.07) is 17.9. The number of anilines is 1. The number of rotatable bonds is 10. The maximum Gasteiger partial charge on any atom is 0.196 e. The third-order valence-corrected chi connectivity index (χ3v) is 4.70. The Kier molecular flexibility index (Phi) is 6.76. The minimum Gasteiger partial charge on any atom is -0.501 e. The molecule has 0 amide bonds. The molecule has 1 aromatic heterocycles. The fourth-order valence-corrected chi connectivity index (χ4v) is 3.37. The number of nitrogens with zero attached hydrogens (tertiary/aromatic N) is 3. The molecule has 0 saturated heterocycles. The van der Waals surface area contributed by atoms with Crippen molar-refractivity contribution in [1.82, 2.24) is 14.8 Å². The first-order chi connectivity index (χ1) is 13.3. The van der Waals surface area contributed by atoms with E-state index in [0.717, 1.165) is 33.9 Å². The summed E-state index contributed by atoms with van der Waals surface area (Å²) in [6.07, 6.45) is 1.45. The number of thioether (sulfide) groups is 1. The van der Waals surface area contributed by atoms with E-state index in [1.165, 1.54) is 6.26 Å². The van der Waals surface area contributed by atoms with E-state index < -0.39 is 0 Å². The summed E-state index contributed by atoms with van der Waals surface area (Å²) in [5.74, 6) is 2.37. The Labute approximate surface area is 163 Å². The summed E-state index contributed by atoms with van der Waals surface area (Å²) >= 11 is 1.60. The summed E-state index contributed by atoms with van der Waals surface area (Å²) in [5, 5.41) is 13.0. The molecule has 0 aliphatic heterocycles. The lowest BCUT2D eigenvalue weighted by molar-refractivity contribution is 0.274. The molecular formula is C20H22N4O2S. The van der Waals surface area contributed by atoms with E-state index >= 15 is 0 Å². The van der Waals surface area contributed by atoms with Crippen LogP contribution in [0.1, 0.15) is 5.82 Å². The Morgan fingerprint density at radius 2 is 1.89 bits per heavy atom. The van der Waals surface area contributed by atoms with Gasteiger partial charge in [-0.05, 0) is 24.3 Å². The van der Waals surface area contributed by atoms with Gasteiger partial charge >= 0.3 is 0 Å². The molecule has 3 aromatic rings. The zero-order chi connectivity index (χ0) is 18.9. The second-order valence-electron chi connectivity index (χ2n) is 5.51. The van der Waals surface area contributed by atoms with E-state index in [1.54, 1.807) is 18.9 Å². The van der Waals surface area contributed by atoms with Crippen molar-refractivity contribution in [2.45, 2.75) is 11.7 Å². The number of hydrogen-bond donors (Lipinski definition) is 1. The van der Waals surface area contributed by atoms with Crippen molar-refractivity contribution >= 4 is 17.4 Å². The van der Waals surface area contributed by atoms with Crippen LogP contribution in [-0.4, -0.2) is 34.2 Å². The average molecular weight is 382 g/mol. The summed E-state index contributed by atoms with van der Waals surface area (Å²) in [5.41, 5.74) is 1.93. The highest BCUT2D eigenvalue weighted by molar-refractivity contribution is 7.99. The maximum atomic E-state index is 5.40. The number of aromatic nitrogens is 3. The minimum atomic E-state index is 0.520. The molecule has 1 heterocycles. The van der Waals surface area contributed by atoms with E-state index in [1.807, 2.05) is 54.6 Å². The second kappa shape index (κ2) is 9.68. The Balaban J connectivity index is 1.81. The van der Waals surface area contributed by atoms with Gasteiger partial charge in [0.25, 0.3) is 0 Å². The van der Waals surface area contributed by atoms with Crippen molar-refractivity contribution in [2.75, 3.05) is 24.8 Å². The van der Waals surface area contributed by atoms with E-state index in [4.69, 9.17) is 9.47 Å². The second-order valence-corrected chi connectivity index (χ2v) is 6.57. The standard InChI is InChI=1S/C20H22N4O2S/c1-3-26-13-14-27-20-23-22-19(24(20)16-9-5-4-6-10-16)15-21-17-11-7-8-12-18(17)25-2/h3-12,21H,1,13-15H2,2H3. The molecule has 1 N–H and O–H groups in total. The molecule has 27 heavy (non-hydrogen) atoms. The predicted octanol–water partition coefficient (Wildman–Crippen LogP) is 4.14. The Bertz CT molecular complexity index is 867. The third-order valence-electron chi connectivity index (χ3n) is 3.81. The van der Waals surface area contributed by atoms with E-state index in [-0.39, 0.29) is 0 Å². The first-order valence-corrected chi connectivity index (χ1v) is 9.54. The maximum absolute atomic E-state index is 5.40. The average Bonchev–Trinajstić information content (AvgIpc) is 3.13. The molecule has 6 nitrogen and oxygen atoms in total. The SMILES string of the molecule is C=COCCSc1nnc(CNc2ccccc2OC)n1-c1ccccc1. The highest BCUT2D eigenvalue weighted by Crippen LogP contribution is 2.25. The number of methoxy groups -OCH3 is 1. The molecule has 0 radical (unpaired) electrons. The first kappa shape index (κ1) is 18.8. The van der Waals surface area contributed by atoms with Crippen molar-refractivity contribution < 1.29 is 9.47 Å². The van der Waals surface area contributed by atoms with Crippen molar-refractivity contribution in [3.05, 3.63) is 73.3 Å². The van der Waals surface area contributed by atoms with Gasteiger partial charge in [-0.2, -0.15) is 0 Å². The van der Waals surface area contributed by atoms with Gasteiger partial charge in [-0.3, -0.25) is 4.57 Å². The number of benzene rings is 2. The van der Waals surface area contributed by atoms with Crippen LogP contribution in [0, 0.1) is 0 Å². The third kappa shape index (κ3) is 4.83. The predicted molar refractivity (Wildman–Crippen MR) is 109 cm³/mol. The summed E-state index contributed by atoms with van der Waals surface area (Å²) in [6.45, 7) is 4.65. The van der Waals surface area contributed by atoms with Gasteiger partial charge in [0.2, 0.25) is 0 Å². The Morgan fingerprint density at radius 3 is 2.67 bits per heavy atom. The molecule has 0 unspecified atom stereocenters.